The van der Waals surface area contributed by atoms with E-state index in [1.54, 1.807) is 22.8 Å². The number of furan rings is 1. The Morgan fingerprint density at radius 2 is 2.20 bits per heavy atom. The number of para-hydroxylation sites is 1. The summed E-state index contributed by atoms with van der Waals surface area (Å²) in [6.07, 6.45) is 3.16. The normalized spacial score (nSPS) is 11.1. The minimum absolute atomic E-state index is 0.236. The Labute approximate surface area is 145 Å². The number of benzene rings is 1. The molecule has 3 aromatic rings. The van der Waals surface area contributed by atoms with Gasteiger partial charge in [-0.05, 0) is 49.8 Å². The van der Waals surface area contributed by atoms with Gasteiger partial charge < -0.3 is 13.7 Å². The zero-order valence-electron chi connectivity index (χ0n) is 14.4. The highest BCUT2D eigenvalue weighted by Crippen LogP contribution is 2.29. The van der Waals surface area contributed by atoms with Crippen molar-refractivity contribution in [2.24, 2.45) is 7.05 Å². The summed E-state index contributed by atoms with van der Waals surface area (Å²) in [5.41, 5.74) is 2.88. The van der Waals surface area contributed by atoms with E-state index >= 15 is 0 Å². The predicted molar refractivity (Wildman–Crippen MR) is 95.6 cm³/mol. The number of hydrogen-bond donors (Lipinski definition) is 0. The van der Waals surface area contributed by atoms with E-state index in [-0.39, 0.29) is 11.5 Å². The molecular formula is C20H18N2O3. The van der Waals surface area contributed by atoms with Crippen molar-refractivity contribution in [3.8, 4) is 11.8 Å². The van der Waals surface area contributed by atoms with Crippen molar-refractivity contribution in [1.82, 2.24) is 4.57 Å². The Morgan fingerprint density at radius 3 is 2.88 bits per heavy atom. The van der Waals surface area contributed by atoms with Crippen LogP contribution >= 0.6 is 0 Å². The topological polar surface area (TPSA) is 68.2 Å². The van der Waals surface area contributed by atoms with Gasteiger partial charge in [0, 0.05) is 18.1 Å². The Bertz CT molecular complexity index is 1020. The highest BCUT2D eigenvalue weighted by molar-refractivity contribution is 6.07. The first-order valence-electron chi connectivity index (χ1n) is 7.99. The second-order valence-electron chi connectivity index (χ2n) is 5.66. The standard InChI is InChI=1S/C20H18N2O3/c1-4-24-18-7-5-6-15-11-19(25-20(15)18)17(23)9-8-14-10-16(12-21)22(3)13(14)2/h5-11H,4H2,1-3H3/b9-8+. The molecule has 1 aromatic carbocycles. The molecule has 0 aliphatic rings. The van der Waals surface area contributed by atoms with Crippen LogP contribution in [0.5, 0.6) is 5.75 Å². The highest BCUT2D eigenvalue weighted by Gasteiger charge is 2.13. The summed E-state index contributed by atoms with van der Waals surface area (Å²) >= 11 is 0. The van der Waals surface area contributed by atoms with E-state index in [0.29, 0.717) is 23.6 Å². The van der Waals surface area contributed by atoms with E-state index in [9.17, 15) is 4.79 Å². The maximum absolute atomic E-state index is 12.4. The Kier molecular flexibility index (Phi) is 4.44. The number of carbonyl (C=O) groups excluding carboxylic acids is 1. The van der Waals surface area contributed by atoms with Gasteiger partial charge in [-0.1, -0.05) is 12.1 Å². The Balaban J connectivity index is 1.90. The van der Waals surface area contributed by atoms with Gasteiger partial charge in [-0.2, -0.15) is 5.26 Å². The lowest BCUT2D eigenvalue weighted by Gasteiger charge is -2.01. The minimum atomic E-state index is -0.236. The smallest absolute Gasteiger partial charge is 0.221 e. The summed E-state index contributed by atoms with van der Waals surface area (Å²) in [5.74, 6) is 0.647. The molecular weight excluding hydrogens is 316 g/mol. The quantitative estimate of drug-likeness (QED) is 0.517. The van der Waals surface area contributed by atoms with Gasteiger partial charge in [-0.25, -0.2) is 0 Å². The van der Waals surface area contributed by atoms with Crippen LogP contribution in [0, 0.1) is 18.3 Å². The van der Waals surface area contributed by atoms with Crippen LogP contribution in [-0.2, 0) is 7.05 Å². The fourth-order valence-electron chi connectivity index (χ4n) is 2.67. The number of hydrogen-bond acceptors (Lipinski definition) is 4. The van der Waals surface area contributed by atoms with Gasteiger partial charge in [0.2, 0.25) is 5.78 Å². The summed E-state index contributed by atoms with van der Waals surface area (Å²) < 4.78 is 13.0. The highest BCUT2D eigenvalue weighted by atomic mass is 16.5. The molecule has 3 rings (SSSR count). The fourth-order valence-corrected chi connectivity index (χ4v) is 2.67. The molecule has 0 saturated heterocycles. The molecule has 0 atom stereocenters. The number of nitriles is 1. The summed E-state index contributed by atoms with van der Waals surface area (Å²) in [7, 11) is 1.82. The van der Waals surface area contributed by atoms with Crippen molar-refractivity contribution in [3.05, 3.63) is 59.1 Å². The number of ketones is 1. The number of aromatic nitrogens is 1. The molecule has 2 aromatic heterocycles. The molecule has 0 unspecified atom stereocenters. The molecule has 0 radical (unpaired) electrons. The van der Waals surface area contributed by atoms with Gasteiger partial charge in [0.25, 0.3) is 0 Å². The van der Waals surface area contributed by atoms with Crippen LogP contribution in [0.15, 0.2) is 40.8 Å². The van der Waals surface area contributed by atoms with Gasteiger partial charge in [-0.15, -0.1) is 0 Å². The molecule has 0 aliphatic carbocycles. The van der Waals surface area contributed by atoms with Crippen molar-refractivity contribution in [1.29, 1.82) is 5.26 Å². The van der Waals surface area contributed by atoms with Crippen molar-refractivity contribution in [3.63, 3.8) is 0 Å². The van der Waals surface area contributed by atoms with Crippen LogP contribution < -0.4 is 4.74 Å². The molecule has 0 aliphatic heterocycles. The number of ether oxygens (including phenoxy) is 1. The molecule has 0 spiro atoms. The van der Waals surface area contributed by atoms with Crippen LogP contribution in [-0.4, -0.2) is 17.0 Å². The maximum atomic E-state index is 12.4. The van der Waals surface area contributed by atoms with Crippen LogP contribution in [0.1, 0.15) is 34.4 Å². The molecule has 0 fully saturated rings. The molecule has 126 valence electrons. The number of nitrogens with zero attached hydrogens (tertiary/aromatic N) is 2. The van der Waals surface area contributed by atoms with Crippen LogP contribution in [0.2, 0.25) is 0 Å². The number of allylic oxidation sites excluding steroid dienone is 1. The lowest BCUT2D eigenvalue weighted by atomic mass is 10.2. The molecule has 25 heavy (non-hydrogen) atoms. The van der Waals surface area contributed by atoms with Gasteiger partial charge in [0.15, 0.2) is 17.1 Å². The third kappa shape index (κ3) is 3.07. The van der Waals surface area contributed by atoms with E-state index in [2.05, 4.69) is 6.07 Å². The van der Waals surface area contributed by atoms with Crippen molar-refractivity contribution >= 4 is 22.8 Å². The van der Waals surface area contributed by atoms with Crippen LogP contribution in [0.4, 0.5) is 0 Å². The summed E-state index contributed by atoms with van der Waals surface area (Å²) in [4.78, 5) is 12.4. The monoisotopic (exact) mass is 334 g/mol. The van der Waals surface area contributed by atoms with Gasteiger partial charge in [0.1, 0.15) is 11.8 Å². The third-order valence-corrected chi connectivity index (χ3v) is 4.15. The zero-order valence-corrected chi connectivity index (χ0v) is 14.4. The molecule has 0 amide bonds. The number of rotatable bonds is 5. The van der Waals surface area contributed by atoms with Crippen molar-refractivity contribution < 1.29 is 13.9 Å². The lowest BCUT2D eigenvalue weighted by molar-refractivity contribution is 0.102. The summed E-state index contributed by atoms with van der Waals surface area (Å²) in [5, 5.41) is 9.90. The van der Waals surface area contributed by atoms with Gasteiger partial charge >= 0.3 is 0 Å². The van der Waals surface area contributed by atoms with Crippen molar-refractivity contribution in [2.45, 2.75) is 13.8 Å². The largest absolute Gasteiger partial charge is 0.490 e. The molecule has 5 nitrogen and oxygen atoms in total. The summed E-state index contributed by atoms with van der Waals surface area (Å²) in [6, 6.07) is 11.1. The first kappa shape index (κ1) is 16.6. The first-order chi connectivity index (χ1) is 12.0. The van der Waals surface area contributed by atoms with E-state index in [1.165, 1.54) is 6.08 Å². The average molecular weight is 334 g/mol. The minimum Gasteiger partial charge on any atom is -0.490 e. The van der Waals surface area contributed by atoms with E-state index < -0.39 is 0 Å². The molecule has 5 heteroatoms. The van der Waals surface area contributed by atoms with E-state index in [4.69, 9.17) is 14.4 Å². The number of fused-ring (bicyclic) bond motifs is 1. The molecule has 0 N–H and O–H groups in total. The average Bonchev–Trinajstić information content (AvgIpc) is 3.16. The van der Waals surface area contributed by atoms with Crippen LogP contribution in [0.25, 0.3) is 17.0 Å². The maximum Gasteiger partial charge on any atom is 0.221 e. The second-order valence-corrected chi connectivity index (χ2v) is 5.66. The predicted octanol–water partition coefficient (Wildman–Crippen LogP) is 4.25. The SMILES string of the molecule is CCOc1cccc2cc(C(=O)/C=C/c3cc(C#N)n(C)c3C)oc12. The lowest BCUT2D eigenvalue weighted by Crippen LogP contribution is -1.94. The second kappa shape index (κ2) is 6.70. The van der Waals surface area contributed by atoms with Crippen LogP contribution in [0.3, 0.4) is 0 Å². The molecule has 0 saturated carbocycles. The Morgan fingerprint density at radius 1 is 1.40 bits per heavy atom. The third-order valence-electron chi connectivity index (χ3n) is 4.15. The van der Waals surface area contributed by atoms with Gasteiger partial charge in [0.05, 0.1) is 6.61 Å². The molecule has 2 heterocycles. The summed E-state index contributed by atoms with van der Waals surface area (Å²) in [6.45, 7) is 4.33. The fraction of sp³-hybridized carbons (Fsp3) is 0.200. The van der Waals surface area contributed by atoms with E-state index in [0.717, 1.165) is 16.6 Å². The zero-order chi connectivity index (χ0) is 18.0. The molecule has 0 bridgehead atoms. The number of carbonyl (C=O) groups is 1. The Hall–Kier alpha value is -3.26. The van der Waals surface area contributed by atoms with Crippen molar-refractivity contribution in [2.75, 3.05) is 6.61 Å². The first-order valence-corrected chi connectivity index (χ1v) is 7.99. The van der Waals surface area contributed by atoms with E-state index in [1.807, 2.05) is 39.1 Å². The van der Waals surface area contributed by atoms with Gasteiger partial charge in [-0.3, -0.25) is 4.79 Å².